The fourth-order valence-corrected chi connectivity index (χ4v) is 3.04. The van der Waals surface area contributed by atoms with E-state index in [0.717, 1.165) is 23.3 Å². The van der Waals surface area contributed by atoms with E-state index in [1.54, 1.807) is 6.92 Å². The lowest BCUT2D eigenvalue weighted by Gasteiger charge is -2.13. The molecule has 0 fully saturated rings. The minimum Gasteiger partial charge on any atom is -0.475 e. The van der Waals surface area contributed by atoms with Gasteiger partial charge in [-0.3, -0.25) is 0 Å². The Morgan fingerprint density at radius 2 is 2.00 bits per heavy atom. The first-order chi connectivity index (χ1) is 9.79. The van der Waals surface area contributed by atoms with E-state index in [1.165, 1.54) is 0 Å². The Labute approximate surface area is 122 Å². The molecule has 0 saturated carbocycles. The molecule has 2 rings (SSSR count). The summed E-state index contributed by atoms with van der Waals surface area (Å²) in [6.45, 7) is 3.61. The highest BCUT2D eigenvalue weighted by Crippen LogP contribution is 2.19. The number of nitrogens with one attached hydrogen (secondary N) is 1. The van der Waals surface area contributed by atoms with E-state index in [0.29, 0.717) is 0 Å². The number of aromatic carboxylic acids is 1. The van der Waals surface area contributed by atoms with Crippen LogP contribution in [0.15, 0.2) is 45.9 Å². The Bertz CT molecular complexity index is 763. The maximum absolute atomic E-state index is 12.1. The van der Waals surface area contributed by atoms with Crippen LogP contribution in [-0.4, -0.2) is 19.5 Å². The zero-order valence-electron chi connectivity index (χ0n) is 11.5. The highest BCUT2D eigenvalue weighted by Gasteiger charge is 2.23. The summed E-state index contributed by atoms with van der Waals surface area (Å²) in [4.78, 5) is 10.7. The van der Waals surface area contributed by atoms with Crippen molar-refractivity contribution < 1.29 is 22.7 Å². The van der Waals surface area contributed by atoms with Crippen LogP contribution >= 0.6 is 0 Å². The van der Waals surface area contributed by atoms with E-state index < -0.39 is 32.9 Å². The number of sulfonamides is 1. The van der Waals surface area contributed by atoms with Gasteiger partial charge in [-0.1, -0.05) is 29.8 Å². The number of furan rings is 1. The molecule has 21 heavy (non-hydrogen) atoms. The fourth-order valence-electron chi connectivity index (χ4n) is 1.88. The van der Waals surface area contributed by atoms with Gasteiger partial charge in [0, 0.05) is 6.04 Å². The van der Waals surface area contributed by atoms with Gasteiger partial charge in [0.2, 0.25) is 10.9 Å². The topological polar surface area (TPSA) is 96.6 Å². The molecule has 1 heterocycles. The van der Waals surface area contributed by atoms with Crippen molar-refractivity contribution in [2.45, 2.75) is 25.0 Å². The number of aryl methyl sites for hydroxylation is 1. The van der Waals surface area contributed by atoms with Crippen LogP contribution in [0.4, 0.5) is 0 Å². The Hall–Kier alpha value is -2.12. The number of carboxylic acid groups (broad SMARTS) is 1. The molecule has 0 spiro atoms. The molecule has 0 aliphatic heterocycles. The summed E-state index contributed by atoms with van der Waals surface area (Å²) in [5, 5.41) is 8.33. The maximum atomic E-state index is 12.1. The van der Waals surface area contributed by atoms with Crippen LogP contribution in [0.2, 0.25) is 0 Å². The summed E-state index contributed by atoms with van der Waals surface area (Å²) in [5.74, 6) is -1.73. The smallest absolute Gasteiger partial charge is 0.371 e. The van der Waals surface area contributed by atoms with E-state index in [2.05, 4.69) is 4.72 Å². The summed E-state index contributed by atoms with van der Waals surface area (Å²) >= 11 is 0. The molecule has 7 heteroatoms. The van der Waals surface area contributed by atoms with Gasteiger partial charge in [0.25, 0.3) is 10.0 Å². The lowest BCUT2D eigenvalue weighted by atomic mass is 10.1. The van der Waals surface area contributed by atoms with Crippen molar-refractivity contribution in [2.75, 3.05) is 0 Å². The Kier molecular flexibility index (Phi) is 4.15. The quantitative estimate of drug-likeness (QED) is 0.883. The number of benzene rings is 1. The highest BCUT2D eigenvalue weighted by atomic mass is 32.2. The normalized spacial score (nSPS) is 13.0. The molecule has 0 bridgehead atoms. The third-order valence-electron chi connectivity index (χ3n) is 2.93. The maximum Gasteiger partial charge on any atom is 0.371 e. The summed E-state index contributed by atoms with van der Waals surface area (Å²) in [7, 11) is -3.91. The average Bonchev–Trinajstić information content (AvgIpc) is 2.88. The molecular weight excluding hydrogens is 294 g/mol. The Morgan fingerprint density at radius 1 is 1.29 bits per heavy atom. The average molecular weight is 309 g/mol. The van der Waals surface area contributed by atoms with E-state index >= 15 is 0 Å². The standard InChI is InChI=1S/C14H15NO5S/c1-9-4-3-5-11(8-9)10(2)15-21(18,19)13-7-6-12(20-13)14(16)17/h3-8,10,15H,1-2H3,(H,16,17)/t10-/m1/s1. The largest absolute Gasteiger partial charge is 0.475 e. The van der Waals surface area contributed by atoms with Crippen molar-refractivity contribution in [2.24, 2.45) is 0 Å². The first kappa shape index (κ1) is 15.3. The zero-order valence-corrected chi connectivity index (χ0v) is 12.3. The van der Waals surface area contributed by atoms with Crippen molar-refractivity contribution >= 4 is 16.0 Å². The minimum absolute atomic E-state index is 0.417. The second kappa shape index (κ2) is 5.71. The first-order valence-electron chi connectivity index (χ1n) is 6.21. The van der Waals surface area contributed by atoms with Crippen LogP contribution < -0.4 is 4.72 Å². The number of hydrogen-bond acceptors (Lipinski definition) is 4. The van der Waals surface area contributed by atoms with E-state index in [1.807, 2.05) is 31.2 Å². The van der Waals surface area contributed by atoms with Crippen LogP contribution in [0.1, 0.15) is 34.6 Å². The molecule has 0 unspecified atom stereocenters. The lowest BCUT2D eigenvalue weighted by Crippen LogP contribution is -2.26. The molecule has 2 aromatic rings. The van der Waals surface area contributed by atoms with Gasteiger partial charge < -0.3 is 9.52 Å². The number of rotatable bonds is 5. The van der Waals surface area contributed by atoms with E-state index in [9.17, 15) is 13.2 Å². The number of carbonyl (C=O) groups is 1. The highest BCUT2D eigenvalue weighted by molar-refractivity contribution is 7.89. The SMILES string of the molecule is Cc1cccc([C@@H](C)NS(=O)(=O)c2ccc(C(=O)O)o2)c1. The van der Waals surface area contributed by atoms with Crippen molar-refractivity contribution in [1.82, 2.24) is 4.72 Å². The molecule has 0 amide bonds. The van der Waals surface area contributed by atoms with Crippen LogP contribution in [0, 0.1) is 6.92 Å². The second-order valence-electron chi connectivity index (χ2n) is 4.68. The molecule has 0 radical (unpaired) electrons. The van der Waals surface area contributed by atoms with Gasteiger partial charge in [-0.2, -0.15) is 0 Å². The molecule has 1 aromatic carbocycles. The fraction of sp³-hybridized carbons (Fsp3) is 0.214. The number of carboxylic acids is 1. The van der Waals surface area contributed by atoms with Gasteiger partial charge in [-0.25, -0.2) is 17.9 Å². The van der Waals surface area contributed by atoms with Gasteiger partial charge in [0.15, 0.2) is 0 Å². The minimum atomic E-state index is -3.91. The summed E-state index contributed by atoms with van der Waals surface area (Å²) in [5.41, 5.74) is 1.83. The van der Waals surface area contributed by atoms with Crippen LogP contribution in [0.5, 0.6) is 0 Å². The van der Waals surface area contributed by atoms with Gasteiger partial charge in [0.05, 0.1) is 0 Å². The van der Waals surface area contributed by atoms with Crippen LogP contribution in [0.25, 0.3) is 0 Å². The molecule has 6 nitrogen and oxygen atoms in total. The number of hydrogen-bond donors (Lipinski definition) is 2. The zero-order chi connectivity index (χ0) is 15.6. The summed E-state index contributed by atoms with van der Waals surface area (Å²) < 4.78 is 31.6. The predicted molar refractivity (Wildman–Crippen MR) is 75.6 cm³/mol. The summed E-state index contributed by atoms with van der Waals surface area (Å²) in [6, 6.07) is 9.20. The lowest BCUT2D eigenvalue weighted by molar-refractivity contribution is 0.0656. The molecule has 0 aliphatic carbocycles. The Balaban J connectivity index is 2.22. The van der Waals surface area contributed by atoms with E-state index in [4.69, 9.17) is 9.52 Å². The van der Waals surface area contributed by atoms with Gasteiger partial charge in [-0.15, -0.1) is 0 Å². The Morgan fingerprint density at radius 3 is 2.57 bits per heavy atom. The van der Waals surface area contributed by atoms with Crippen molar-refractivity contribution in [3.63, 3.8) is 0 Å². The third-order valence-corrected chi connectivity index (χ3v) is 4.34. The van der Waals surface area contributed by atoms with Gasteiger partial charge in [0.1, 0.15) is 0 Å². The van der Waals surface area contributed by atoms with Gasteiger partial charge in [-0.05, 0) is 31.5 Å². The molecule has 2 N–H and O–H groups in total. The third kappa shape index (κ3) is 3.50. The second-order valence-corrected chi connectivity index (χ2v) is 6.33. The van der Waals surface area contributed by atoms with Crippen molar-refractivity contribution in [3.8, 4) is 0 Å². The molecule has 0 aliphatic rings. The predicted octanol–water partition coefficient (Wildman–Crippen LogP) is 2.33. The van der Waals surface area contributed by atoms with E-state index in [-0.39, 0.29) is 0 Å². The van der Waals surface area contributed by atoms with Crippen molar-refractivity contribution in [3.05, 3.63) is 53.3 Å². The van der Waals surface area contributed by atoms with Crippen LogP contribution in [-0.2, 0) is 10.0 Å². The van der Waals surface area contributed by atoms with Crippen LogP contribution in [0.3, 0.4) is 0 Å². The molecule has 0 saturated heterocycles. The monoisotopic (exact) mass is 309 g/mol. The van der Waals surface area contributed by atoms with Crippen molar-refractivity contribution in [1.29, 1.82) is 0 Å². The molecular formula is C14H15NO5S. The van der Waals surface area contributed by atoms with Gasteiger partial charge >= 0.3 is 5.97 Å². The molecule has 112 valence electrons. The first-order valence-corrected chi connectivity index (χ1v) is 7.70. The molecule has 1 atom stereocenters. The molecule has 1 aromatic heterocycles. The summed E-state index contributed by atoms with van der Waals surface area (Å²) in [6.07, 6.45) is 0.